The van der Waals surface area contributed by atoms with Gasteiger partial charge in [-0.2, -0.15) is 0 Å². The molecule has 0 aliphatic carbocycles. The van der Waals surface area contributed by atoms with Crippen LogP contribution < -0.4 is 51.4 Å². The van der Waals surface area contributed by atoms with Gasteiger partial charge in [-0.05, 0) is 0 Å². The van der Waals surface area contributed by atoms with Gasteiger partial charge in [0.15, 0.2) is 0 Å². The van der Waals surface area contributed by atoms with Crippen LogP contribution in [0.25, 0.3) is 0 Å². The second kappa shape index (κ2) is 23.2. The Labute approximate surface area is 149 Å². The van der Waals surface area contributed by atoms with Gasteiger partial charge in [-0.15, -0.1) is 0 Å². The summed E-state index contributed by atoms with van der Waals surface area (Å²) < 4.78 is 0. The van der Waals surface area contributed by atoms with Gasteiger partial charge in [-0.25, -0.2) is 0 Å². The summed E-state index contributed by atoms with van der Waals surface area (Å²) in [6.45, 7) is 0. The van der Waals surface area contributed by atoms with Crippen LogP contribution in [0, 0.1) is 36.9 Å². The van der Waals surface area contributed by atoms with E-state index in [0.717, 1.165) is 0 Å². The minimum absolute atomic E-state index is 0. The van der Waals surface area contributed by atoms with Crippen LogP contribution in [0.3, 0.4) is 0 Å². The number of hydrogen-bond donors (Lipinski definition) is 0. The van der Waals surface area contributed by atoms with Crippen LogP contribution in [0.1, 0.15) is 4.28 Å². The Morgan fingerprint density at radius 1 is 1.20 bits per heavy atom. The van der Waals surface area contributed by atoms with Crippen LogP contribution >= 0.6 is 0 Å². The Morgan fingerprint density at radius 3 is 1.20 bits per heavy atom. The Morgan fingerprint density at radius 2 is 1.20 bits per heavy atom. The van der Waals surface area contributed by atoms with Gasteiger partial charge in [0.2, 0.25) is 0 Å². The average Bonchev–Trinajstić information content (AvgIpc) is 0. The second-order valence-corrected chi connectivity index (χ2v) is 0. The van der Waals surface area contributed by atoms with Crippen LogP contribution in [0.4, 0.5) is 0 Å². The molecule has 0 unspecified atom stereocenters. The summed E-state index contributed by atoms with van der Waals surface area (Å²) in [7, 11) is 0. The summed E-state index contributed by atoms with van der Waals surface area (Å²) in [4.78, 5) is 0. The van der Waals surface area contributed by atoms with Crippen molar-refractivity contribution < 1.29 is 131 Å². The normalized spacial score (nSPS) is 0. The third-order valence-electron chi connectivity index (χ3n) is 0. The Balaban J connectivity index is 0. The molecule has 0 bridgehead atoms. The van der Waals surface area contributed by atoms with E-state index in [1.54, 1.807) is 0 Å². The molecule has 0 spiro atoms. The molecule has 0 N–H and O–H groups in total. The van der Waals surface area contributed by atoms with Crippen LogP contribution in [-0.2, 0) is 38.1 Å². The van der Waals surface area contributed by atoms with Crippen LogP contribution in [-0.4, -0.2) is 23.1 Å². The van der Waals surface area contributed by atoms with Crippen LogP contribution in [0.5, 0.6) is 0 Å². The van der Waals surface area contributed by atoms with Crippen molar-refractivity contribution in [3.05, 3.63) is 0 Å². The first-order valence-corrected chi connectivity index (χ1v) is 0. The first-order valence-electron chi connectivity index (χ1n) is 0. The zero-order valence-electron chi connectivity index (χ0n) is 5.75. The van der Waals surface area contributed by atoms with Gasteiger partial charge in [-0.3, -0.25) is 0 Å². The monoisotopic (exact) mass is 389 g/mol. The predicted molar refractivity (Wildman–Crippen MR) is 9.09 cm³/mol. The molecule has 1 radical (unpaired) electrons. The molecular formula is H3FeKMgMoTm. The van der Waals surface area contributed by atoms with E-state index < -0.39 is 0 Å². The van der Waals surface area contributed by atoms with Crippen molar-refractivity contribution in [2.75, 3.05) is 0 Å². The maximum Gasteiger partial charge on any atom is 2.00 e. The minimum atomic E-state index is 0. The fourth-order valence-electron chi connectivity index (χ4n) is 0. The fraction of sp³-hybridized carbons (Fsp3) is 0. The molecule has 5 heteroatoms. The molecule has 0 nitrogen and oxygen atoms in total. The van der Waals surface area contributed by atoms with Crippen molar-refractivity contribution >= 4 is 23.1 Å². The molecule has 0 amide bonds. The summed E-state index contributed by atoms with van der Waals surface area (Å²) in [5.41, 5.74) is 0. The van der Waals surface area contributed by atoms with Crippen LogP contribution in [0.15, 0.2) is 0 Å². The van der Waals surface area contributed by atoms with Crippen molar-refractivity contribution in [3.8, 4) is 0 Å². The molecule has 5 heavy (non-hydrogen) atoms. The topological polar surface area (TPSA) is 0 Å². The maximum atomic E-state index is 0. The molecule has 0 aliphatic heterocycles. The van der Waals surface area contributed by atoms with Gasteiger partial charge in [0.25, 0.3) is 0 Å². The zero-order valence-corrected chi connectivity index (χ0v) is 12.2. The molecule has 33 valence electrons. The molecule has 0 fully saturated rings. The molecule has 0 saturated carbocycles. The van der Waals surface area contributed by atoms with E-state index >= 15 is 0 Å². The largest absolute Gasteiger partial charge is 2.00 e. The summed E-state index contributed by atoms with van der Waals surface area (Å²) in [6.07, 6.45) is 0. The fourth-order valence-corrected chi connectivity index (χ4v) is 0. The van der Waals surface area contributed by atoms with E-state index in [2.05, 4.69) is 0 Å². The second-order valence-electron chi connectivity index (χ2n) is 0. The summed E-state index contributed by atoms with van der Waals surface area (Å²) in [5, 5.41) is 0. The molecular weight excluding hydrogens is 384 g/mol. The number of rotatable bonds is 0. The maximum absolute atomic E-state index is 0. The molecule has 0 heterocycles. The molecule has 0 atom stereocenters. The standard InChI is InChI=1S/Fe.K.Mg.Mo.Tm.3H/q;+1;+2;;;3*-1. The van der Waals surface area contributed by atoms with E-state index in [4.69, 9.17) is 0 Å². The van der Waals surface area contributed by atoms with Crippen molar-refractivity contribution in [2.24, 2.45) is 0 Å². The smallest absolute Gasteiger partial charge is 1.00 e. The SMILES string of the molecule is [Fe].[H-].[H-].[H-].[K+].[Mg+2].[Mo].[Tm]. The minimum Gasteiger partial charge on any atom is -1.00 e. The first-order chi connectivity index (χ1) is 0. The Bertz CT molecular complexity index is 19.2. The molecule has 0 aliphatic rings. The van der Waals surface area contributed by atoms with Gasteiger partial charge >= 0.3 is 74.4 Å². The van der Waals surface area contributed by atoms with Gasteiger partial charge in [-0.1, -0.05) is 0 Å². The quantitative estimate of drug-likeness (QED) is 0.388. The van der Waals surface area contributed by atoms with Crippen LogP contribution in [0.2, 0.25) is 0 Å². The van der Waals surface area contributed by atoms with Gasteiger partial charge in [0.05, 0.1) is 0 Å². The average molecular weight is 387 g/mol. The molecule has 0 saturated heterocycles. The van der Waals surface area contributed by atoms with E-state index in [9.17, 15) is 0 Å². The van der Waals surface area contributed by atoms with E-state index in [1.807, 2.05) is 0 Å². The first kappa shape index (κ1) is 32.8. The van der Waals surface area contributed by atoms with Crippen molar-refractivity contribution in [3.63, 3.8) is 0 Å². The van der Waals surface area contributed by atoms with E-state index in [-0.39, 0.29) is 154 Å². The van der Waals surface area contributed by atoms with Gasteiger partial charge in [0, 0.05) is 75.0 Å². The summed E-state index contributed by atoms with van der Waals surface area (Å²) in [5.74, 6) is 0. The third-order valence-corrected chi connectivity index (χ3v) is 0. The predicted octanol–water partition coefficient (Wildman–Crippen LogP) is -3.04. The molecule has 0 aromatic heterocycles. The van der Waals surface area contributed by atoms with Crippen molar-refractivity contribution in [1.29, 1.82) is 0 Å². The third kappa shape index (κ3) is 17.7. The molecule has 0 aromatic rings. The zero-order chi connectivity index (χ0) is 0. The Hall–Kier alpha value is 4.84. The summed E-state index contributed by atoms with van der Waals surface area (Å²) in [6, 6.07) is 0. The van der Waals surface area contributed by atoms with E-state index in [0.29, 0.717) is 0 Å². The number of hydrogen-bond acceptors (Lipinski definition) is 0. The van der Waals surface area contributed by atoms with Crippen molar-refractivity contribution in [2.45, 2.75) is 0 Å². The van der Waals surface area contributed by atoms with Gasteiger partial charge < -0.3 is 4.28 Å². The van der Waals surface area contributed by atoms with E-state index in [1.165, 1.54) is 0 Å². The molecule has 0 rings (SSSR count). The van der Waals surface area contributed by atoms with Crippen molar-refractivity contribution in [1.82, 2.24) is 0 Å². The molecule has 0 aromatic carbocycles. The summed E-state index contributed by atoms with van der Waals surface area (Å²) >= 11 is 0. The Kier molecular flexibility index (Phi) is 152. The van der Waals surface area contributed by atoms with Gasteiger partial charge in [0.1, 0.15) is 0 Å².